The molecule has 0 unspecified atom stereocenters. The number of halogens is 1. The highest BCUT2D eigenvalue weighted by atomic mass is 35.5. The number of aryl methyl sites for hydroxylation is 2. The van der Waals surface area contributed by atoms with Crippen LogP contribution in [0.5, 0.6) is 0 Å². The highest BCUT2D eigenvalue weighted by Crippen LogP contribution is 2.39. The third-order valence-electron chi connectivity index (χ3n) is 4.63. The van der Waals surface area contributed by atoms with Gasteiger partial charge in [0, 0.05) is 10.9 Å². The molecule has 5 heteroatoms. The smallest absolute Gasteiger partial charge is 0.261 e. The summed E-state index contributed by atoms with van der Waals surface area (Å²) >= 11 is 1.65. The fraction of sp³-hybridized carbons (Fsp3) is 0.389. The Bertz CT molecular complexity index is 707. The third kappa shape index (κ3) is 3.30. The predicted molar refractivity (Wildman–Crippen MR) is 97.8 cm³/mol. The lowest BCUT2D eigenvalue weighted by atomic mass is 9.91. The maximum atomic E-state index is 12.5. The number of carbonyl (C=O) groups is 1. The van der Waals surface area contributed by atoms with E-state index in [1.165, 1.54) is 21.6 Å². The van der Waals surface area contributed by atoms with Crippen LogP contribution in [-0.2, 0) is 12.8 Å². The summed E-state index contributed by atoms with van der Waals surface area (Å²) in [6.07, 6.45) is 4.18. The Morgan fingerprint density at radius 3 is 2.70 bits per heavy atom. The van der Waals surface area contributed by atoms with Crippen LogP contribution in [0.3, 0.4) is 0 Å². The van der Waals surface area contributed by atoms with E-state index in [1.54, 1.807) is 11.3 Å². The number of hydrogen-bond acceptors (Lipinski definition) is 3. The summed E-state index contributed by atoms with van der Waals surface area (Å²) < 4.78 is 0. The molecule has 0 spiro atoms. The second-order valence-corrected chi connectivity index (χ2v) is 7.17. The zero-order valence-corrected chi connectivity index (χ0v) is 14.6. The van der Waals surface area contributed by atoms with Gasteiger partial charge >= 0.3 is 0 Å². The predicted octanol–water partition coefficient (Wildman–Crippen LogP) is 3.42. The molecule has 1 fully saturated rings. The molecule has 0 bridgehead atoms. The molecule has 4 rings (SSSR count). The van der Waals surface area contributed by atoms with Crippen molar-refractivity contribution in [2.45, 2.75) is 31.7 Å². The van der Waals surface area contributed by atoms with Gasteiger partial charge in [0.05, 0.1) is 4.88 Å². The summed E-state index contributed by atoms with van der Waals surface area (Å²) in [7, 11) is 0. The molecule has 2 aromatic rings. The molecule has 1 aromatic heterocycles. The van der Waals surface area contributed by atoms with Gasteiger partial charge in [-0.1, -0.05) is 24.3 Å². The molecule has 3 nitrogen and oxygen atoms in total. The van der Waals surface area contributed by atoms with E-state index in [1.807, 2.05) is 0 Å². The van der Waals surface area contributed by atoms with Crippen molar-refractivity contribution in [2.75, 3.05) is 13.1 Å². The summed E-state index contributed by atoms with van der Waals surface area (Å²) in [5, 5.41) is 6.53. The van der Waals surface area contributed by atoms with Gasteiger partial charge in [0.25, 0.3) is 5.91 Å². The number of amides is 1. The molecule has 23 heavy (non-hydrogen) atoms. The molecule has 0 saturated carbocycles. The number of piperidine rings is 1. The quantitative estimate of drug-likeness (QED) is 0.873. The maximum Gasteiger partial charge on any atom is 0.261 e. The molecule has 1 aliphatic heterocycles. The van der Waals surface area contributed by atoms with Crippen LogP contribution >= 0.6 is 23.7 Å². The van der Waals surface area contributed by atoms with Gasteiger partial charge in [0.15, 0.2) is 0 Å². The Balaban J connectivity index is 0.00000156. The molecule has 1 aliphatic carbocycles. The summed E-state index contributed by atoms with van der Waals surface area (Å²) in [6.45, 7) is 2.00. The van der Waals surface area contributed by atoms with Crippen molar-refractivity contribution >= 4 is 29.7 Å². The van der Waals surface area contributed by atoms with Crippen LogP contribution in [0.2, 0.25) is 0 Å². The number of nitrogens with one attached hydrogen (secondary N) is 2. The highest BCUT2D eigenvalue weighted by molar-refractivity contribution is 7.17. The molecule has 122 valence electrons. The Morgan fingerprint density at radius 1 is 1.13 bits per heavy atom. The lowest BCUT2D eigenvalue weighted by Gasteiger charge is -2.23. The van der Waals surface area contributed by atoms with E-state index in [2.05, 4.69) is 41.0 Å². The Labute approximate surface area is 146 Å². The van der Waals surface area contributed by atoms with Gasteiger partial charge in [-0.15, -0.1) is 23.7 Å². The normalized spacial score (nSPS) is 16.9. The standard InChI is InChI=1S/C18H20N2OS.ClH/c21-18(20-14-7-9-19-10-8-14)16-11-13-6-5-12-3-1-2-4-15(12)17(13)22-16;/h1-4,11,14,19H,5-10H2,(H,20,21);1H. The minimum Gasteiger partial charge on any atom is -0.349 e. The lowest BCUT2D eigenvalue weighted by Crippen LogP contribution is -2.42. The van der Waals surface area contributed by atoms with Crippen LogP contribution < -0.4 is 10.6 Å². The van der Waals surface area contributed by atoms with Crippen molar-refractivity contribution in [1.29, 1.82) is 0 Å². The van der Waals surface area contributed by atoms with E-state index in [0.717, 1.165) is 43.6 Å². The van der Waals surface area contributed by atoms with Crippen LogP contribution in [0.25, 0.3) is 10.4 Å². The fourth-order valence-corrected chi connectivity index (χ4v) is 4.58. The minimum atomic E-state index is 0. The Hall–Kier alpha value is -1.36. The Morgan fingerprint density at radius 2 is 1.87 bits per heavy atom. The average molecular weight is 349 g/mol. The first kappa shape index (κ1) is 16.5. The van der Waals surface area contributed by atoms with Gasteiger partial charge in [-0.2, -0.15) is 0 Å². The lowest BCUT2D eigenvalue weighted by molar-refractivity contribution is 0.0933. The van der Waals surface area contributed by atoms with E-state index in [9.17, 15) is 4.79 Å². The zero-order valence-electron chi connectivity index (χ0n) is 12.9. The van der Waals surface area contributed by atoms with E-state index < -0.39 is 0 Å². The van der Waals surface area contributed by atoms with Gasteiger partial charge in [-0.05, 0) is 61.5 Å². The number of thiophene rings is 1. The largest absolute Gasteiger partial charge is 0.349 e. The molecular formula is C18H21ClN2OS. The van der Waals surface area contributed by atoms with Crippen LogP contribution in [0, 0.1) is 0 Å². The summed E-state index contributed by atoms with van der Waals surface area (Å²) in [5.74, 6) is 0.101. The first-order valence-corrected chi connectivity index (χ1v) is 8.85. The van der Waals surface area contributed by atoms with Gasteiger partial charge in [0.1, 0.15) is 0 Å². The van der Waals surface area contributed by atoms with Crippen LogP contribution in [0.4, 0.5) is 0 Å². The van der Waals surface area contributed by atoms with E-state index >= 15 is 0 Å². The van der Waals surface area contributed by atoms with Crippen LogP contribution in [0.1, 0.15) is 33.6 Å². The van der Waals surface area contributed by atoms with E-state index in [0.29, 0.717) is 6.04 Å². The molecule has 1 saturated heterocycles. The molecule has 2 heterocycles. The van der Waals surface area contributed by atoms with Crippen LogP contribution in [-0.4, -0.2) is 25.0 Å². The second kappa shape index (κ2) is 7.04. The molecule has 0 radical (unpaired) electrons. The molecule has 2 N–H and O–H groups in total. The number of rotatable bonds is 2. The van der Waals surface area contributed by atoms with Crippen molar-refractivity contribution in [3.63, 3.8) is 0 Å². The molecule has 0 atom stereocenters. The average Bonchev–Trinajstić information content (AvgIpc) is 3.00. The van der Waals surface area contributed by atoms with Gasteiger partial charge in [-0.3, -0.25) is 4.79 Å². The number of fused-ring (bicyclic) bond motifs is 3. The van der Waals surface area contributed by atoms with Crippen molar-refractivity contribution in [1.82, 2.24) is 10.6 Å². The SMILES string of the molecule is Cl.O=C(NC1CCNCC1)c1cc2c(s1)-c1ccccc1CC2. The van der Waals surface area contributed by atoms with Crippen molar-refractivity contribution in [3.05, 3.63) is 46.3 Å². The third-order valence-corrected chi connectivity index (χ3v) is 5.84. The molecular weight excluding hydrogens is 328 g/mol. The number of carbonyl (C=O) groups excluding carboxylic acids is 1. The number of benzene rings is 1. The first-order valence-electron chi connectivity index (χ1n) is 8.04. The maximum absolute atomic E-state index is 12.5. The van der Waals surface area contributed by atoms with E-state index in [-0.39, 0.29) is 18.3 Å². The highest BCUT2D eigenvalue weighted by Gasteiger charge is 2.23. The molecule has 2 aliphatic rings. The van der Waals surface area contributed by atoms with Crippen molar-refractivity contribution < 1.29 is 4.79 Å². The number of hydrogen-bond donors (Lipinski definition) is 2. The van der Waals surface area contributed by atoms with Crippen molar-refractivity contribution in [2.24, 2.45) is 0 Å². The van der Waals surface area contributed by atoms with Gasteiger partial charge < -0.3 is 10.6 Å². The second-order valence-electron chi connectivity index (χ2n) is 6.12. The minimum absolute atomic E-state index is 0. The fourth-order valence-electron chi connectivity index (χ4n) is 3.41. The van der Waals surface area contributed by atoms with Crippen molar-refractivity contribution in [3.8, 4) is 10.4 Å². The van der Waals surface area contributed by atoms with Crippen LogP contribution in [0.15, 0.2) is 30.3 Å². The zero-order chi connectivity index (χ0) is 14.9. The molecule has 1 aromatic carbocycles. The van der Waals surface area contributed by atoms with Gasteiger partial charge in [0.2, 0.25) is 0 Å². The van der Waals surface area contributed by atoms with E-state index in [4.69, 9.17) is 0 Å². The monoisotopic (exact) mass is 348 g/mol. The first-order chi connectivity index (χ1) is 10.8. The Kier molecular flexibility index (Phi) is 5.05. The summed E-state index contributed by atoms with van der Waals surface area (Å²) in [5.41, 5.74) is 4.05. The summed E-state index contributed by atoms with van der Waals surface area (Å²) in [6, 6.07) is 11.0. The summed E-state index contributed by atoms with van der Waals surface area (Å²) in [4.78, 5) is 14.7. The van der Waals surface area contributed by atoms with Gasteiger partial charge in [-0.25, -0.2) is 0 Å². The molecule has 1 amide bonds. The topological polar surface area (TPSA) is 41.1 Å².